The molecule has 1 amide bonds. The molecule has 0 saturated heterocycles. The van der Waals surface area contributed by atoms with Gasteiger partial charge in [0.05, 0.1) is 11.3 Å². The van der Waals surface area contributed by atoms with Crippen LogP contribution in [0, 0.1) is 13.8 Å². The molecule has 0 aliphatic heterocycles. The number of aromatic carboxylic acids is 1. The van der Waals surface area contributed by atoms with Crippen LogP contribution >= 0.6 is 0 Å². The zero-order valence-electron chi connectivity index (χ0n) is 14.1. The third-order valence-corrected chi connectivity index (χ3v) is 4.06. The van der Waals surface area contributed by atoms with Crippen LogP contribution in [0.3, 0.4) is 0 Å². The fourth-order valence-corrected chi connectivity index (χ4v) is 2.85. The molecule has 1 aromatic carbocycles. The summed E-state index contributed by atoms with van der Waals surface area (Å²) in [5.41, 5.74) is 2.77. The first-order chi connectivity index (χ1) is 11.4. The first kappa shape index (κ1) is 17.7. The molecular formula is C18H22N2O4. The number of aryl methyl sites for hydroxylation is 3. The summed E-state index contributed by atoms with van der Waals surface area (Å²) in [5.74, 6) is -0.206. The van der Waals surface area contributed by atoms with E-state index in [2.05, 4.69) is 10.5 Å². The van der Waals surface area contributed by atoms with Gasteiger partial charge < -0.3 is 14.9 Å². The van der Waals surface area contributed by atoms with Gasteiger partial charge in [0, 0.05) is 24.4 Å². The predicted octanol–water partition coefficient (Wildman–Crippen LogP) is 2.84. The smallest absolute Gasteiger partial charge is 0.335 e. The van der Waals surface area contributed by atoms with Crippen molar-refractivity contribution in [1.82, 2.24) is 10.5 Å². The Balaban J connectivity index is 1.87. The highest BCUT2D eigenvalue weighted by atomic mass is 16.5. The number of carboxylic acids is 1. The summed E-state index contributed by atoms with van der Waals surface area (Å²) in [6.07, 6.45) is 0.645. The van der Waals surface area contributed by atoms with E-state index >= 15 is 0 Å². The minimum atomic E-state index is -0.974. The molecule has 0 aliphatic carbocycles. The molecule has 0 saturated carbocycles. The maximum atomic E-state index is 12.0. The van der Waals surface area contributed by atoms with Gasteiger partial charge >= 0.3 is 5.97 Å². The molecule has 0 spiro atoms. The Bertz CT molecular complexity index is 717. The van der Waals surface area contributed by atoms with Crippen LogP contribution < -0.4 is 5.32 Å². The van der Waals surface area contributed by atoms with Crippen LogP contribution in [0.4, 0.5) is 0 Å². The molecule has 6 heteroatoms. The van der Waals surface area contributed by atoms with Crippen molar-refractivity contribution in [2.75, 3.05) is 6.54 Å². The summed E-state index contributed by atoms with van der Waals surface area (Å²) in [6, 6.07) is 6.75. The van der Waals surface area contributed by atoms with E-state index in [1.807, 2.05) is 20.8 Å². The highest BCUT2D eigenvalue weighted by Crippen LogP contribution is 2.22. The van der Waals surface area contributed by atoms with Crippen LogP contribution in [0.25, 0.3) is 0 Å². The molecule has 1 atom stereocenters. The average Bonchev–Trinajstić information content (AvgIpc) is 2.89. The van der Waals surface area contributed by atoms with Gasteiger partial charge in [-0.25, -0.2) is 4.79 Å². The maximum Gasteiger partial charge on any atom is 0.335 e. The molecule has 0 bridgehead atoms. The average molecular weight is 330 g/mol. The first-order valence-electron chi connectivity index (χ1n) is 7.90. The lowest BCUT2D eigenvalue weighted by atomic mass is 9.99. The van der Waals surface area contributed by atoms with Crippen molar-refractivity contribution in [3.05, 3.63) is 52.4 Å². The summed E-state index contributed by atoms with van der Waals surface area (Å²) in [6.45, 7) is 6.23. The van der Waals surface area contributed by atoms with Crippen molar-refractivity contribution >= 4 is 11.9 Å². The number of aromatic nitrogens is 1. The number of carboxylic acid groups (broad SMARTS) is 1. The van der Waals surface area contributed by atoms with Crippen LogP contribution in [-0.2, 0) is 11.2 Å². The lowest BCUT2D eigenvalue weighted by Gasteiger charge is -2.13. The van der Waals surface area contributed by atoms with Crippen molar-refractivity contribution < 1.29 is 19.2 Å². The van der Waals surface area contributed by atoms with E-state index in [0.717, 1.165) is 17.0 Å². The van der Waals surface area contributed by atoms with Crippen LogP contribution in [0.5, 0.6) is 0 Å². The number of benzene rings is 1. The molecular weight excluding hydrogens is 308 g/mol. The Kier molecular flexibility index (Phi) is 5.73. The van der Waals surface area contributed by atoms with Gasteiger partial charge in [0.2, 0.25) is 5.91 Å². The summed E-state index contributed by atoms with van der Waals surface area (Å²) in [4.78, 5) is 23.2. The van der Waals surface area contributed by atoms with Gasteiger partial charge in [-0.15, -0.1) is 0 Å². The molecule has 0 radical (unpaired) electrons. The Labute approximate surface area is 140 Å². The first-order valence-corrected chi connectivity index (χ1v) is 7.90. The number of nitrogens with one attached hydrogen (secondary N) is 1. The highest BCUT2D eigenvalue weighted by molar-refractivity contribution is 5.89. The quantitative estimate of drug-likeness (QED) is 0.814. The van der Waals surface area contributed by atoms with Crippen molar-refractivity contribution in [3.8, 4) is 0 Å². The van der Waals surface area contributed by atoms with Crippen LogP contribution in [0.1, 0.15) is 52.2 Å². The zero-order chi connectivity index (χ0) is 17.7. The molecule has 128 valence electrons. The zero-order valence-corrected chi connectivity index (χ0v) is 14.1. The summed E-state index contributed by atoms with van der Waals surface area (Å²) >= 11 is 0. The van der Waals surface area contributed by atoms with Gasteiger partial charge in [-0.05, 0) is 31.9 Å². The second-order valence-electron chi connectivity index (χ2n) is 5.91. The molecule has 1 aromatic heterocycles. The van der Waals surface area contributed by atoms with Crippen molar-refractivity contribution in [1.29, 1.82) is 0 Å². The minimum absolute atomic E-state index is 0.103. The molecule has 2 N–H and O–H groups in total. The Morgan fingerprint density at radius 1 is 1.29 bits per heavy atom. The lowest BCUT2D eigenvalue weighted by Crippen LogP contribution is -2.28. The van der Waals surface area contributed by atoms with Gasteiger partial charge in [0.1, 0.15) is 5.76 Å². The van der Waals surface area contributed by atoms with E-state index in [1.54, 1.807) is 24.3 Å². The highest BCUT2D eigenvalue weighted by Gasteiger charge is 2.17. The molecule has 24 heavy (non-hydrogen) atoms. The van der Waals surface area contributed by atoms with Gasteiger partial charge in [-0.1, -0.05) is 30.3 Å². The molecule has 0 fully saturated rings. The molecule has 0 aliphatic rings. The number of amides is 1. The van der Waals surface area contributed by atoms with Gasteiger partial charge in [0.25, 0.3) is 0 Å². The van der Waals surface area contributed by atoms with Gasteiger partial charge in [-0.2, -0.15) is 0 Å². The van der Waals surface area contributed by atoms with Crippen LogP contribution in [-0.4, -0.2) is 28.7 Å². The van der Waals surface area contributed by atoms with Crippen molar-refractivity contribution in [2.24, 2.45) is 0 Å². The fourth-order valence-electron chi connectivity index (χ4n) is 2.85. The molecule has 1 unspecified atom stereocenters. The molecule has 1 heterocycles. The van der Waals surface area contributed by atoms with E-state index in [-0.39, 0.29) is 23.8 Å². The summed E-state index contributed by atoms with van der Waals surface area (Å²) in [7, 11) is 0. The van der Waals surface area contributed by atoms with E-state index in [1.165, 1.54) is 0 Å². The predicted molar refractivity (Wildman–Crippen MR) is 89.1 cm³/mol. The van der Waals surface area contributed by atoms with Crippen LogP contribution in [0.15, 0.2) is 28.8 Å². The van der Waals surface area contributed by atoms with Gasteiger partial charge in [-0.3, -0.25) is 4.79 Å². The monoisotopic (exact) mass is 330 g/mol. The minimum Gasteiger partial charge on any atom is -0.478 e. The SMILES string of the molecule is Cc1noc(C)c1C(C)CNC(=O)CCc1ccccc1C(=O)O. The summed E-state index contributed by atoms with van der Waals surface area (Å²) in [5, 5.41) is 16.0. The standard InChI is InChI=1S/C18H22N2O4/c1-11(17-12(2)20-24-13(17)3)10-19-16(21)9-8-14-6-4-5-7-15(14)18(22)23/h4-7,11H,8-10H2,1-3H3,(H,19,21)(H,22,23). The molecule has 2 rings (SSSR count). The van der Waals surface area contributed by atoms with Crippen LogP contribution in [0.2, 0.25) is 0 Å². The number of hydrogen-bond acceptors (Lipinski definition) is 4. The van der Waals surface area contributed by atoms with E-state index in [4.69, 9.17) is 9.63 Å². The third kappa shape index (κ3) is 4.22. The van der Waals surface area contributed by atoms with E-state index in [9.17, 15) is 9.59 Å². The second kappa shape index (κ2) is 7.77. The largest absolute Gasteiger partial charge is 0.478 e. The number of carbonyl (C=O) groups excluding carboxylic acids is 1. The van der Waals surface area contributed by atoms with Crippen molar-refractivity contribution in [3.63, 3.8) is 0 Å². The van der Waals surface area contributed by atoms with Gasteiger partial charge in [0.15, 0.2) is 0 Å². The Morgan fingerprint density at radius 2 is 2.00 bits per heavy atom. The number of hydrogen-bond donors (Lipinski definition) is 2. The molecule has 6 nitrogen and oxygen atoms in total. The number of carbonyl (C=O) groups is 2. The Hall–Kier alpha value is -2.63. The third-order valence-electron chi connectivity index (χ3n) is 4.06. The van der Waals surface area contributed by atoms with E-state index < -0.39 is 5.97 Å². The Morgan fingerprint density at radius 3 is 2.62 bits per heavy atom. The topological polar surface area (TPSA) is 92.4 Å². The van der Waals surface area contributed by atoms with Crippen molar-refractivity contribution in [2.45, 2.75) is 39.5 Å². The summed E-state index contributed by atoms with van der Waals surface area (Å²) < 4.78 is 5.15. The lowest BCUT2D eigenvalue weighted by molar-refractivity contribution is -0.121. The fraction of sp³-hybridized carbons (Fsp3) is 0.389. The normalized spacial score (nSPS) is 12.0. The van der Waals surface area contributed by atoms with E-state index in [0.29, 0.717) is 18.5 Å². The number of rotatable bonds is 7. The second-order valence-corrected chi connectivity index (χ2v) is 5.91. The molecule has 2 aromatic rings. The number of nitrogens with zero attached hydrogens (tertiary/aromatic N) is 1. The maximum absolute atomic E-state index is 12.0.